The van der Waals surface area contributed by atoms with Gasteiger partial charge in [-0.25, -0.2) is 13.1 Å². The minimum absolute atomic E-state index is 0.0239. The van der Waals surface area contributed by atoms with Crippen LogP contribution >= 0.6 is 0 Å². The number of amides is 1. The molecule has 0 saturated carbocycles. The van der Waals surface area contributed by atoms with Crippen LogP contribution in [-0.4, -0.2) is 38.9 Å². The van der Waals surface area contributed by atoms with E-state index in [9.17, 15) is 13.2 Å². The van der Waals surface area contributed by atoms with Crippen LogP contribution in [0, 0.1) is 13.8 Å². The molecule has 116 valence electrons. The summed E-state index contributed by atoms with van der Waals surface area (Å²) in [6, 6.07) is 5.22. The first-order chi connectivity index (χ1) is 9.90. The van der Waals surface area contributed by atoms with E-state index in [-0.39, 0.29) is 23.8 Å². The van der Waals surface area contributed by atoms with Crippen molar-refractivity contribution in [1.29, 1.82) is 0 Å². The zero-order valence-electron chi connectivity index (χ0n) is 12.6. The van der Waals surface area contributed by atoms with E-state index in [1.54, 1.807) is 24.0 Å². The number of sulfonamides is 1. The fourth-order valence-electron chi connectivity index (χ4n) is 2.60. The fraction of sp³-hybridized carbons (Fsp3) is 0.533. The number of likely N-dealkylation sites (tertiary alicyclic amines) is 1. The zero-order valence-corrected chi connectivity index (χ0v) is 13.4. The Labute approximate surface area is 126 Å². The summed E-state index contributed by atoms with van der Waals surface area (Å²) in [4.78, 5) is 13.9. The smallest absolute Gasteiger partial charge is 0.240 e. The Hall–Kier alpha value is -1.40. The molecule has 0 spiro atoms. The van der Waals surface area contributed by atoms with Crippen molar-refractivity contribution in [2.75, 3.05) is 19.6 Å². The van der Waals surface area contributed by atoms with E-state index in [4.69, 9.17) is 0 Å². The normalized spacial score (nSPS) is 15.4. The highest BCUT2D eigenvalue weighted by atomic mass is 32.2. The van der Waals surface area contributed by atoms with E-state index >= 15 is 0 Å². The maximum atomic E-state index is 12.2. The summed E-state index contributed by atoms with van der Waals surface area (Å²) in [6.45, 7) is 5.43. The van der Waals surface area contributed by atoms with Gasteiger partial charge in [0.2, 0.25) is 15.9 Å². The lowest BCUT2D eigenvalue weighted by Gasteiger charge is -2.15. The SMILES string of the molecule is Cc1ccc(S(=O)(=O)NCCC(=O)N2CCCC2)c(C)c1. The number of rotatable bonds is 5. The average Bonchev–Trinajstić information content (AvgIpc) is 2.91. The molecular weight excluding hydrogens is 288 g/mol. The lowest BCUT2D eigenvalue weighted by Crippen LogP contribution is -2.32. The molecule has 1 heterocycles. The number of hydrogen-bond acceptors (Lipinski definition) is 3. The van der Waals surface area contributed by atoms with Crippen molar-refractivity contribution in [3.8, 4) is 0 Å². The van der Waals surface area contributed by atoms with E-state index in [0.717, 1.165) is 31.5 Å². The van der Waals surface area contributed by atoms with Gasteiger partial charge < -0.3 is 4.90 Å². The van der Waals surface area contributed by atoms with Crippen molar-refractivity contribution in [2.45, 2.75) is 38.0 Å². The Morgan fingerprint density at radius 2 is 1.90 bits per heavy atom. The lowest BCUT2D eigenvalue weighted by molar-refractivity contribution is -0.129. The van der Waals surface area contributed by atoms with Gasteiger partial charge in [0.1, 0.15) is 0 Å². The summed E-state index contributed by atoms with van der Waals surface area (Å²) < 4.78 is 27.0. The van der Waals surface area contributed by atoms with Gasteiger partial charge in [0.05, 0.1) is 4.90 Å². The molecule has 6 heteroatoms. The first-order valence-corrected chi connectivity index (χ1v) is 8.73. The summed E-state index contributed by atoms with van der Waals surface area (Å²) in [5.41, 5.74) is 1.74. The zero-order chi connectivity index (χ0) is 15.5. The third kappa shape index (κ3) is 4.04. The summed E-state index contributed by atoms with van der Waals surface area (Å²) in [6.07, 6.45) is 2.30. The molecule has 0 unspecified atom stereocenters. The molecule has 1 N–H and O–H groups in total. The number of benzene rings is 1. The molecule has 21 heavy (non-hydrogen) atoms. The van der Waals surface area contributed by atoms with Crippen LogP contribution in [0.4, 0.5) is 0 Å². The number of carbonyl (C=O) groups excluding carboxylic acids is 1. The quantitative estimate of drug-likeness (QED) is 0.898. The number of nitrogens with one attached hydrogen (secondary N) is 1. The second-order valence-electron chi connectivity index (χ2n) is 5.50. The standard InChI is InChI=1S/C15H22N2O3S/c1-12-5-6-14(13(2)11-12)21(19,20)16-8-7-15(18)17-9-3-4-10-17/h5-6,11,16H,3-4,7-10H2,1-2H3. The molecular formula is C15H22N2O3S. The topological polar surface area (TPSA) is 66.5 Å². The van der Waals surface area contributed by atoms with Crippen molar-refractivity contribution >= 4 is 15.9 Å². The molecule has 1 aliphatic heterocycles. The number of hydrogen-bond donors (Lipinski definition) is 1. The Kier molecular flexibility index (Phi) is 5.00. The highest BCUT2D eigenvalue weighted by Crippen LogP contribution is 2.16. The average molecular weight is 310 g/mol. The Bertz CT molecular complexity index is 620. The van der Waals surface area contributed by atoms with E-state index in [0.29, 0.717) is 5.56 Å². The summed E-state index contributed by atoms with van der Waals surface area (Å²) in [5, 5.41) is 0. The summed E-state index contributed by atoms with van der Waals surface area (Å²) in [7, 11) is -3.55. The van der Waals surface area contributed by atoms with Crippen LogP contribution in [0.3, 0.4) is 0 Å². The maximum absolute atomic E-state index is 12.2. The van der Waals surface area contributed by atoms with Crippen LogP contribution in [0.25, 0.3) is 0 Å². The van der Waals surface area contributed by atoms with Crippen molar-refractivity contribution in [3.05, 3.63) is 29.3 Å². The van der Waals surface area contributed by atoms with Crippen molar-refractivity contribution in [3.63, 3.8) is 0 Å². The molecule has 1 aromatic rings. The van der Waals surface area contributed by atoms with Gasteiger partial charge >= 0.3 is 0 Å². The molecule has 0 radical (unpaired) electrons. The van der Waals surface area contributed by atoms with Crippen LogP contribution in [0.5, 0.6) is 0 Å². The van der Waals surface area contributed by atoms with Gasteiger partial charge in [-0.3, -0.25) is 4.79 Å². The largest absolute Gasteiger partial charge is 0.343 e. The molecule has 1 saturated heterocycles. The molecule has 1 fully saturated rings. The van der Waals surface area contributed by atoms with E-state index in [1.165, 1.54) is 0 Å². The predicted molar refractivity (Wildman–Crippen MR) is 81.5 cm³/mol. The Morgan fingerprint density at radius 3 is 2.52 bits per heavy atom. The summed E-state index contributed by atoms with van der Waals surface area (Å²) >= 11 is 0. The minimum Gasteiger partial charge on any atom is -0.343 e. The first kappa shape index (κ1) is 16.0. The van der Waals surface area contributed by atoms with Gasteiger partial charge in [-0.1, -0.05) is 17.7 Å². The van der Waals surface area contributed by atoms with Crippen LogP contribution in [0.15, 0.2) is 23.1 Å². The molecule has 0 bridgehead atoms. The highest BCUT2D eigenvalue weighted by Gasteiger charge is 2.20. The van der Waals surface area contributed by atoms with Crippen molar-refractivity contribution in [2.24, 2.45) is 0 Å². The van der Waals surface area contributed by atoms with Gasteiger partial charge in [0.25, 0.3) is 0 Å². The Balaban J connectivity index is 1.93. The van der Waals surface area contributed by atoms with Crippen LogP contribution in [-0.2, 0) is 14.8 Å². The molecule has 0 atom stereocenters. The third-order valence-corrected chi connectivity index (χ3v) is 5.33. The molecule has 0 aliphatic carbocycles. The Morgan fingerprint density at radius 1 is 1.24 bits per heavy atom. The van der Waals surface area contributed by atoms with Gasteiger partial charge in [-0.05, 0) is 38.3 Å². The van der Waals surface area contributed by atoms with Gasteiger partial charge in [0, 0.05) is 26.1 Å². The van der Waals surface area contributed by atoms with E-state index in [2.05, 4.69) is 4.72 Å². The van der Waals surface area contributed by atoms with E-state index in [1.807, 2.05) is 13.0 Å². The van der Waals surface area contributed by atoms with Crippen LogP contribution in [0.2, 0.25) is 0 Å². The van der Waals surface area contributed by atoms with Crippen molar-refractivity contribution in [1.82, 2.24) is 9.62 Å². The predicted octanol–water partition coefficient (Wildman–Crippen LogP) is 1.59. The van der Waals surface area contributed by atoms with Gasteiger partial charge in [-0.2, -0.15) is 0 Å². The van der Waals surface area contributed by atoms with Crippen LogP contribution in [0.1, 0.15) is 30.4 Å². The molecule has 1 aliphatic rings. The molecule has 5 nitrogen and oxygen atoms in total. The molecule has 0 aromatic heterocycles. The number of carbonyl (C=O) groups is 1. The van der Waals surface area contributed by atoms with Crippen molar-refractivity contribution < 1.29 is 13.2 Å². The first-order valence-electron chi connectivity index (χ1n) is 7.25. The minimum atomic E-state index is -3.55. The molecule has 2 rings (SSSR count). The van der Waals surface area contributed by atoms with E-state index < -0.39 is 10.0 Å². The second-order valence-corrected chi connectivity index (χ2v) is 7.24. The number of nitrogens with zero attached hydrogens (tertiary/aromatic N) is 1. The maximum Gasteiger partial charge on any atom is 0.240 e. The third-order valence-electron chi connectivity index (χ3n) is 3.71. The fourth-order valence-corrected chi connectivity index (χ4v) is 3.85. The van der Waals surface area contributed by atoms with Gasteiger partial charge in [0.15, 0.2) is 0 Å². The molecule has 1 aromatic carbocycles. The summed E-state index contributed by atoms with van der Waals surface area (Å²) in [5.74, 6) is 0.0239. The number of aryl methyl sites for hydroxylation is 2. The second kappa shape index (κ2) is 6.58. The lowest BCUT2D eigenvalue weighted by atomic mass is 10.2. The highest BCUT2D eigenvalue weighted by molar-refractivity contribution is 7.89. The van der Waals surface area contributed by atoms with Gasteiger partial charge in [-0.15, -0.1) is 0 Å². The molecule has 1 amide bonds. The monoisotopic (exact) mass is 310 g/mol. The van der Waals surface area contributed by atoms with Crippen LogP contribution < -0.4 is 4.72 Å².